The number of nitrogens with zero attached hydrogens (tertiary/aromatic N) is 4. The molecule has 0 fully saturated rings. The quantitative estimate of drug-likeness (QED) is 0.716. The molecule has 0 unspecified atom stereocenters. The lowest BCUT2D eigenvalue weighted by atomic mass is 10.0. The first-order chi connectivity index (χ1) is 11.3. The van der Waals surface area contributed by atoms with Gasteiger partial charge in [-0.3, -0.25) is 9.98 Å². The van der Waals surface area contributed by atoms with E-state index in [1.54, 1.807) is 6.20 Å². The SMILES string of the molecule is Cc1ccc2nc([C@@H]3CC=CC=N3)c(-c3ccccn3)nc2c1. The summed E-state index contributed by atoms with van der Waals surface area (Å²) in [6, 6.07) is 12.0. The van der Waals surface area contributed by atoms with Crippen molar-refractivity contribution < 1.29 is 0 Å². The summed E-state index contributed by atoms with van der Waals surface area (Å²) in [4.78, 5) is 18.8. The Labute approximate surface area is 134 Å². The van der Waals surface area contributed by atoms with Crippen molar-refractivity contribution in [1.82, 2.24) is 15.0 Å². The molecule has 0 bridgehead atoms. The highest BCUT2D eigenvalue weighted by atomic mass is 14.9. The molecule has 1 aliphatic heterocycles. The van der Waals surface area contributed by atoms with Crippen LogP contribution < -0.4 is 0 Å². The summed E-state index contributed by atoms with van der Waals surface area (Å²) in [5.74, 6) is 0. The number of rotatable bonds is 2. The predicted octanol–water partition coefficient (Wildman–Crippen LogP) is 4.07. The highest BCUT2D eigenvalue weighted by Crippen LogP contribution is 2.31. The third-order valence-electron chi connectivity index (χ3n) is 3.92. The molecule has 1 aromatic carbocycles. The first kappa shape index (κ1) is 13.8. The fraction of sp³-hybridized carbons (Fsp3) is 0.158. The first-order valence-electron chi connectivity index (χ1n) is 7.69. The molecule has 0 saturated heterocycles. The van der Waals surface area contributed by atoms with Crippen LogP contribution in [0.1, 0.15) is 23.7 Å². The smallest absolute Gasteiger partial charge is 0.113 e. The van der Waals surface area contributed by atoms with Crippen molar-refractivity contribution in [2.45, 2.75) is 19.4 Å². The van der Waals surface area contributed by atoms with Gasteiger partial charge in [0.15, 0.2) is 0 Å². The summed E-state index contributed by atoms with van der Waals surface area (Å²) in [5.41, 5.74) is 5.51. The van der Waals surface area contributed by atoms with Crippen LogP contribution in [0.4, 0.5) is 0 Å². The normalized spacial score (nSPS) is 16.8. The number of aliphatic imine (C=N–C) groups is 1. The van der Waals surface area contributed by atoms with Crippen molar-refractivity contribution in [3.63, 3.8) is 0 Å². The maximum Gasteiger partial charge on any atom is 0.113 e. The van der Waals surface area contributed by atoms with E-state index in [1.165, 1.54) is 5.56 Å². The van der Waals surface area contributed by atoms with Crippen LogP contribution in [-0.4, -0.2) is 21.2 Å². The standard InChI is InChI=1S/C19H16N4/c1-13-8-9-14-17(12-13)23-19(16-7-3-5-11-21-16)18(22-14)15-6-2-4-10-20-15/h2-5,7-12,15H,6H2,1H3/t15-/m0/s1. The monoisotopic (exact) mass is 300 g/mol. The molecule has 1 atom stereocenters. The van der Waals surface area contributed by atoms with Crippen molar-refractivity contribution >= 4 is 17.2 Å². The average molecular weight is 300 g/mol. The third-order valence-corrected chi connectivity index (χ3v) is 3.92. The van der Waals surface area contributed by atoms with Crippen LogP contribution in [0.2, 0.25) is 0 Å². The number of hydrogen-bond acceptors (Lipinski definition) is 4. The van der Waals surface area contributed by atoms with Gasteiger partial charge in [-0.05, 0) is 49.2 Å². The van der Waals surface area contributed by atoms with E-state index in [0.29, 0.717) is 0 Å². The van der Waals surface area contributed by atoms with Gasteiger partial charge in [-0.15, -0.1) is 0 Å². The number of benzene rings is 1. The van der Waals surface area contributed by atoms with E-state index in [4.69, 9.17) is 9.97 Å². The second-order valence-corrected chi connectivity index (χ2v) is 5.64. The van der Waals surface area contributed by atoms with E-state index in [0.717, 1.165) is 34.5 Å². The largest absolute Gasteiger partial charge is 0.283 e. The van der Waals surface area contributed by atoms with Crippen molar-refractivity contribution in [1.29, 1.82) is 0 Å². The topological polar surface area (TPSA) is 51.0 Å². The second-order valence-electron chi connectivity index (χ2n) is 5.64. The van der Waals surface area contributed by atoms with Gasteiger partial charge in [-0.1, -0.05) is 18.2 Å². The molecule has 3 aromatic rings. The van der Waals surface area contributed by atoms with E-state index in [2.05, 4.69) is 35.1 Å². The molecule has 0 amide bonds. The highest BCUT2D eigenvalue weighted by Gasteiger charge is 2.20. The highest BCUT2D eigenvalue weighted by molar-refractivity contribution is 5.79. The van der Waals surface area contributed by atoms with E-state index in [1.807, 2.05) is 36.6 Å². The molecule has 0 radical (unpaired) electrons. The van der Waals surface area contributed by atoms with Crippen molar-refractivity contribution in [2.24, 2.45) is 4.99 Å². The molecule has 4 nitrogen and oxygen atoms in total. The number of aryl methyl sites for hydroxylation is 1. The summed E-state index contributed by atoms with van der Waals surface area (Å²) in [6.45, 7) is 2.06. The van der Waals surface area contributed by atoms with Gasteiger partial charge in [0.2, 0.25) is 0 Å². The number of fused-ring (bicyclic) bond motifs is 1. The Morgan fingerprint density at radius 2 is 2.00 bits per heavy atom. The molecule has 0 saturated carbocycles. The molecule has 4 rings (SSSR count). The van der Waals surface area contributed by atoms with Gasteiger partial charge in [-0.25, -0.2) is 9.97 Å². The minimum atomic E-state index is -0.00444. The lowest BCUT2D eigenvalue weighted by molar-refractivity contribution is 0.715. The van der Waals surface area contributed by atoms with Crippen molar-refractivity contribution in [2.75, 3.05) is 0 Å². The van der Waals surface area contributed by atoms with Crippen LogP contribution >= 0.6 is 0 Å². The molecule has 23 heavy (non-hydrogen) atoms. The zero-order chi connectivity index (χ0) is 15.6. The zero-order valence-corrected chi connectivity index (χ0v) is 12.8. The average Bonchev–Trinajstić information content (AvgIpc) is 2.62. The van der Waals surface area contributed by atoms with Crippen LogP contribution in [0.25, 0.3) is 22.4 Å². The van der Waals surface area contributed by atoms with E-state index in [-0.39, 0.29) is 6.04 Å². The molecule has 0 spiro atoms. The molecule has 0 N–H and O–H groups in total. The van der Waals surface area contributed by atoms with Crippen LogP contribution in [0, 0.1) is 6.92 Å². The molecule has 2 aromatic heterocycles. The Bertz CT molecular complexity index is 913. The zero-order valence-electron chi connectivity index (χ0n) is 12.8. The fourth-order valence-electron chi connectivity index (χ4n) is 2.77. The summed E-state index contributed by atoms with van der Waals surface area (Å²) < 4.78 is 0. The molecule has 3 heterocycles. The van der Waals surface area contributed by atoms with E-state index in [9.17, 15) is 0 Å². The van der Waals surface area contributed by atoms with Gasteiger partial charge in [0, 0.05) is 12.4 Å². The predicted molar refractivity (Wildman–Crippen MR) is 92.5 cm³/mol. The lowest BCUT2D eigenvalue weighted by Crippen LogP contribution is -2.06. The Morgan fingerprint density at radius 3 is 2.78 bits per heavy atom. The number of hydrogen-bond donors (Lipinski definition) is 0. The maximum absolute atomic E-state index is 4.87. The minimum Gasteiger partial charge on any atom is -0.283 e. The number of allylic oxidation sites excluding steroid dienone is 1. The van der Waals surface area contributed by atoms with Gasteiger partial charge in [0.25, 0.3) is 0 Å². The Morgan fingerprint density at radius 1 is 1.04 bits per heavy atom. The molecular formula is C19H16N4. The van der Waals surface area contributed by atoms with Crippen LogP contribution in [0.5, 0.6) is 0 Å². The maximum atomic E-state index is 4.87. The third kappa shape index (κ3) is 2.63. The molecule has 0 aliphatic carbocycles. The first-order valence-corrected chi connectivity index (χ1v) is 7.69. The van der Waals surface area contributed by atoms with Gasteiger partial charge in [-0.2, -0.15) is 0 Å². The Balaban J connectivity index is 1.96. The van der Waals surface area contributed by atoms with Crippen LogP contribution in [0.3, 0.4) is 0 Å². The molecule has 4 heteroatoms. The fourth-order valence-corrected chi connectivity index (χ4v) is 2.77. The summed E-state index contributed by atoms with van der Waals surface area (Å²) >= 11 is 0. The van der Waals surface area contributed by atoms with Crippen molar-refractivity contribution in [3.05, 3.63) is 66.0 Å². The Kier molecular flexibility index (Phi) is 3.42. The molecule has 112 valence electrons. The van der Waals surface area contributed by atoms with Crippen molar-refractivity contribution in [3.8, 4) is 11.4 Å². The van der Waals surface area contributed by atoms with Gasteiger partial charge < -0.3 is 0 Å². The second kappa shape index (κ2) is 5.72. The minimum absolute atomic E-state index is 0.00444. The van der Waals surface area contributed by atoms with E-state index >= 15 is 0 Å². The van der Waals surface area contributed by atoms with Gasteiger partial charge >= 0.3 is 0 Å². The molecular weight excluding hydrogens is 284 g/mol. The number of dihydropyridines is 1. The summed E-state index contributed by atoms with van der Waals surface area (Å²) in [6.07, 6.45) is 8.53. The van der Waals surface area contributed by atoms with E-state index < -0.39 is 0 Å². The number of pyridine rings is 1. The van der Waals surface area contributed by atoms with Gasteiger partial charge in [0.05, 0.1) is 28.5 Å². The van der Waals surface area contributed by atoms with Crippen LogP contribution in [-0.2, 0) is 0 Å². The Hall–Kier alpha value is -2.88. The lowest BCUT2D eigenvalue weighted by Gasteiger charge is -2.16. The van der Waals surface area contributed by atoms with Gasteiger partial charge in [0.1, 0.15) is 5.69 Å². The summed E-state index contributed by atoms with van der Waals surface area (Å²) in [7, 11) is 0. The van der Waals surface area contributed by atoms with Crippen LogP contribution in [0.15, 0.2) is 59.7 Å². The molecule has 1 aliphatic rings. The number of aromatic nitrogens is 3. The summed E-state index contributed by atoms with van der Waals surface area (Å²) in [5, 5.41) is 0.